The quantitative estimate of drug-likeness (QED) is 0.607. The highest BCUT2D eigenvalue weighted by atomic mass is 16.5. The second kappa shape index (κ2) is 6.27. The number of dihydropyridines is 1. The first-order valence-corrected chi connectivity index (χ1v) is 6.36. The van der Waals surface area contributed by atoms with E-state index in [9.17, 15) is 14.7 Å². The SMILES string of the molecule is COC1(c2ccc(O)c(C(=O)NCC(=O)O)n2)C=CC=CN1. The monoisotopic (exact) mass is 305 g/mol. The Morgan fingerprint density at radius 2 is 2.18 bits per heavy atom. The number of pyridine rings is 1. The number of carboxylic acids is 1. The van der Waals surface area contributed by atoms with Crippen molar-refractivity contribution < 1.29 is 24.5 Å². The van der Waals surface area contributed by atoms with Gasteiger partial charge in [0, 0.05) is 7.11 Å². The lowest BCUT2D eigenvalue weighted by Gasteiger charge is -2.30. The van der Waals surface area contributed by atoms with Crippen molar-refractivity contribution in [2.45, 2.75) is 5.72 Å². The molecule has 0 aliphatic carbocycles. The van der Waals surface area contributed by atoms with Crippen molar-refractivity contribution in [1.29, 1.82) is 0 Å². The van der Waals surface area contributed by atoms with Crippen LogP contribution in [0, 0.1) is 0 Å². The Morgan fingerprint density at radius 1 is 1.41 bits per heavy atom. The molecule has 1 unspecified atom stereocenters. The lowest BCUT2D eigenvalue weighted by Crippen LogP contribution is -2.41. The van der Waals surface area contributed by atoms with Gasteiger partial charge in [-0.05, 0) is 30.5 Å². The van der Waals surface area contributed by atoms with E-state index in [2.05, 4.69) is 15.6 Å². The number of hydrogen-bond acceptors (Lipinski definition) is 6. The van der Waals surface area contributed by atoms with Gasteiger partial charge in [-0.1, -0.05) is 6.08 Å². The average Bonchev–Trinajstić information content (AvgIpc) is 2.53. The van der Waals surface area contributed by atoms with Gasteiger partial charge in [-0.25, -0.2) is 4.98 Å². The minimum absolute atomic E-state index is 0.278. The van der Waals surface area contributed by atoms with Gasteiger partial charge in [0.05, 0.1) is 5.69 Å². The molecule has 2 heterocycles. The van der Waals surface area contributed by atoms with E-state index in [1.807, 2.05) is 0 Å². The number of nitrogens with zero attached hydrogens (tertiary/aromatic N) is 1. The summed E-state index contributed by atoms with van der Waals surface area (Å²) in [6, 6.07) is 2.80. The summed E-state index contributed by atoms with van der Waals surface area (Å²) in [5.41, 5.74) is -1.00. The lowest BCUT2D eigenvalue weighted by molar-refractivity contribution is -0.135. The third kappa shape index (κ3) is 3.07. The highest BCUT2D eigenvalue weighted by Crippen LogP contribution is 2.27. The summed E-state index contributed by atoms with van der Waals surface area (Å²) < 4.78 is 5.42. The summed E-state index contributed by atoms with van der Waals surface area (Å²) in [6.07, 6.45) is 6.87. The van der Waals surface area contributed by atoms with Crippen LogP contribution >= 0.6 is 0 Å². The molecule has 116 valence electrons. The number of nitrogens with one attached hydrogen (secondary N) is 2. The molecule has 0 fully saturated rings. The number of aromatic nitrogens is 1. The molecule has 0 spiro atoms. The molecule has 8 nitrogen and oxygen atoms in total. The van der Waals surface area contributed by atoms with Gasteiger partial charge in [0.1, 0.15) is 12.3 Å². The van der Waals surface area contributed by atoms with E-state index < -0.39 is 24.1 Å². The van der Waals surface area contributed by atoms with Crippen LogP contribution < -0.4 is 10.6 Å². The Kier molecular flexibility index (Phi) is 4.42. The number of carboxylic acid groups (broad SMARTS) is 1. The smallest absolute Gasteiger partial charge is 0.322 e. The van der Waals surface area contributed by atoms with Crippen molar-refractivity contribution in [3.8, 4) is 5.75 Å². The molecule has 0 bridgehead atoms. The Balaban J connectivity index is 2.34. The fraction of sp³-hybridized carbons (Fsp3) is 0.214. The van der Waals surface area contributed by atoms with Crippen molar-refractivity contribution in [3.63, 3.8) is 0 Å². The molecule has 1 aromatic rings. The Morgan fingerprint density at radius 3 is 2.77 bits per heavy atom. The van der Waals surface area contributed by atoms with Crippen LogP contribution in [0.25, 0.3) is 0 Å². The minimum Gasteiger partial charge on any atom is -0.505 e. The zero-order valence-electron chi connectivity index (χ0n) is 11.7. The first-order valence-electron chi connectivity index (χ1n) is 6.36. The van der Waals surface area contributed by atoms with Gasteiger partial charge in [-0.2, -0.15) is 0 Å². The van der Waals surface area contributed by atoms with Crippen LogP contribution in [0.1, 0.15) is 16.2 Å². The van der Waals surface area contributed by atoms with Crippen molar-refractivity contribution in [1.82, 2.24) is 15.6 Å². The summed E-state index contributed by atoms with van der Waals surface area (Å²) in [5.74, 6) is -2.34. The number of aliphatic carboxylic acids is 1. The van der Waals surface area contributed by atoms with Crippen LogP contribution in [-0.2, 0) is 15.3 Å². The Bertz CT molecular complexity index is 656. The highest BCUT2D eigenvalue weighted by Gasteiger charge is 2.32. The largest absolute Gasteiger partial charge is 0.505 e. The summed E-state index contributed by atoms with van der Waals surface area (Å²) in [6.45, 7) is -0.569. The molecule has 0 aromatic carbocycles. The Labute approximate surface area is 126 Å². The number of carbonyl (C=O) groups excluding carboxylic acids is 1. The number of hydrogen-bond donors (Lipinski definition) is 4. The van der Waals surface area contributed by atoms with Crippen molar-refractivity contribution >= 4 is 11.9 Å². The number of ether oxygens (including phenoxy) is 1. The summed E-state index contributed by atoms with van der Waals surface area (Å²) in [4.78, 5) is 26.5. The van der Waals surface area contributed by atoms with Crippen LogP contribution in [-0.4, -0.2) is 40.7 Å². The van der Waals surface area contributed by atoms with E-state index in [4.69, 9.17) is 9.84 Å². The van der Waals surface area contributed by atoms with E-state index in [1.54, 1.807) is 24.4 Å². The fourth-order valence-corrected chi connectivity index (χ4v) is 1.92. The molecule has 1 aliphatic rings. The second-order valence-corrected chi connectivity index (χ2v) is 4.44. The third-order valence-electron chi connectivity index (χ3n) is 3.03. The molecule has 2 rings (SSSR count). The first-order chi connectivity index (χ1) is 10.5. The van der Waals surface area contributed by atoms with Gasteiger partial charge in [0.15, 0.2) is 5.69 Å². The molecule has 1 aromatic heterocycles. The molecular formula is C14H15N3O5. The van der Waals surface area contributed by atoms with Crippen LogP contribution in [0.15, 0.2) is 36.6 Å². The molecule has 0 saturated carbocycles. The summed E-state index contributed by atoms with van der Waals surface area (Å²) >= 11 is 0. The molecule has 0 radical (unpaired) electrons. The molecule has 0 saturated heterocycles. The fourth-order valence-electron chi connectivity index (χ4n) is 1.92. The summed E-state index contributed by atoms with van der Waals surface area (Å²) in [5, 5.41) is 23.5. The molecule has 1 aliphatic heterocycles. The van der Waals surface area contributed by atoms with E-state index >= 15 is 0 Å². The molecule has 1 amide bonds. The Hall–Kier alpha value is -2.87. The van der Waals surface area contributed by atoms with E-state index in [-0.39, 0.29) is 11.4 Å². The van der Waals surface area contributed by atoms with Gasteiger partial charge in [0.25, 0.3) is 5.91 Å². The topological polar surface area (TPSA) is 121 Å². The molecule has 4 N–H and O–H groups in total. The first kappa shape index (κ1) is 15.5. The average molecular weight is 305 g/mol. The van der Waals surface area contributed by atoms with Crippen molar-refractivity contribution in [2.75, 3.05) is 13.7 Å². The number of methoxy groups -OCH3 is 1. The van der Waals surface area contributed by atoms with Gasteiger partial charge < -0.3 is 25.6 Å². The van der Waals surface area contributed by atoms with E-state index in [0.717, 1.165) is 0 Å². The minimum atomic E-state index is -1.20. The van der Waals surface area contributed by atoms with Gasteiger partial charge in [-0.15, -0.1) is 0 Å². The van der Waals surface area contributed by atoms with Crippen molar-refractivity contribution in [3.05, 3.63) is 47.9 Å². The van der Waals surface area contributed by atoms with Crippen LogP contribution in [0.3, 0.4) is 0 Å². The number of carbonyl (C=O) groups is 2. The number of allylic oxidation sites excluding steroid dienone is 2. The molecule has 8 heteroatoms. The van der Waals surface area contributed by atoms with Crippen molar-refractivity contribution in [2.24, 2.45) is 0 Å². The molecule has 1 atom stereocenters. The predicted molar refractivity (Wildman–Crippen MR) is 76.0 cm³/mol. The number of amides is 1. The molecular weight excluding hydrogens is 290 g/mol. The second-order valence-electron chi connectivity index (χ2n) is 4.44. The standard InChI is InChI=1S/C14H15N3O5/c1-22-14(6-2-3-7-16-14)10-5-4-9(18)12(17-10)13(21)15-8-11(19)20/h2-7,16,18H,8H2,1H3,(H,15,21)(H,19,20). The lowest BCUT2D eigenvalue weighted by atomic mass is 10.1. The van der Waals surface area contributed by atoms with Gasteiger partial charge in [-0.3, -0.25) is 9.59 Å². The maximum atomic E-state index is 11.9. The predicted octanol–water partition coefficient (Wildman–Crippen LogP) is 0.0739. The summed E-state index contributed by atoms with van der Waals surface area (Å²) in [7, 11) is 1.47. The third-order valence-corrected chi connectivity index (χ3v) is 3.03. The van der Waals surface area contributed by atoms with Gasteiger partial charge in [0.2, 0.25) is 5.72 Å². The van der Waals surface area contributed by atoms with Gasteiger partial charge >= 0.3 is 5.97 Å². The molecule has 22 heavy (non-hydrogen) atoms. The zero-order valence-corrected chi connectivity index (χ0v) is 11.7. The maximum Gasteiger partial charge on any atom is 0.322 e. The zero-order chi connectivity index (χ0) is 16.2. The van der Waals surface area contributed by atoms with Crippen LogP contribution in [0.5, 0.6) is 5.75 Å². The number of aromatic hydroxyl groups is 1. The van der Waals surface area contributed by atoms with Crippen LogP contribution in [0.2, 0.25) is 0 Å². The van der Waals surface area contributed by atoms with E-state index in [1.165, 1.54) is 19.2 Å². The normalized spacial score (nSPS) is 19.5. The number of rotatable bonds is 5. The maximum absolute atomic E-state index is 11.9. The van der Waals surface area contributed by atoms with E-state index in [0.29, 0.717) is 5.69 Å². The highest BCUT2D eigenvalue weighted by molar-refractivity contribution is 5.96. The van der Waals surface area contributed by atoms with Crippen LogP contribution in [0.4, 0.5) is 0 Å².